The summed E-state index contributed by atoms with van der Waals surface area (Å²) in [7, 11) is 1.41. The zero-order chi connectivity index (χ0) is 109. The maximum atomic E-state index is 12.5. The number of carbonyl (C=O) groups excluding carboxylic acids is 1. The molecule has 3 aliphatic heterocycles. The molecule has 3 aliphatic rings. The molecule has 0 radical (unpaired) electrons. The van der Waals surface area contributed by atoms with Gasteiger partial charge >= 0.3 is 84.0 Å². The standard InChI is InChI=1S/C25H34O3.C18H15S.C15H23S.2C14H21OS.3C5H3F9.C2H3F3/c1-6-19(21-12-14-23(26)15-13-21)17-22(20-10-8-7-9-11-20)16-18(2)24(27)28-25(3,4)5;1-4-10-16(11-5-1)19(17-12-6-2-7-13-17)18-14-8-3-9-15-18;1-15(2,3)13-7-9-14(10-8-13)16-11-5-4-6-12-16;2*1-14(2,3)12-4-6-13(7-5-12)16-10-8-15-9-11-16;3*1-2(6,7)3(8,9)4(10,11)5(12,13)14;1-2(3,4)5/h7-15,18-19,22,26H,6,16-17H2,1-5H3;1-15H;7-10H,4-6,11-12H2,1-3H3;2*4-7H,8-11H2,1-3H3;3*1H3;1H3/q;4*+1;;;;. The smallest absolute Gasteiger partial charge is 0.460 e. The average Bonchev–Trinajstić information content (AvgIpc) is 0.755. The molecule has 3 saturated heterocycles. The molecule has 0 aliphatic carbocycles. The lowest BCUT2D eigenvalue weighted by atomic mass is 9.79. The molecule has 0 spiro atoms. The molecule has 3 heterocycles. The molecule has 0 saturated carbocycles. The van der Waals surface area contributed by atoms with E-state index >= 15 is 0 Å². The van der Waals surface area contributed by atoms with Crippen molar-refractivity contribution in [2.24, 2.45) is 5.92 Å². The van der Waals surface area contributed by atoms with Gasteiger partial charge in [0.25, 0.3) is 0 Å². The highest BCUT2D eigenvalue weighted by molar-refractivity contribution is 7.97. The summed E-state index contributed by atoms with van der Waals surface area (Å²) in [6, 6.07) is 77.9. The van der Waals surface area contributed by atoms with E-state index in [1.165, 1.54) is 106 Å². The predicted molar refractivity (Wildman–Crippen MR) is 505 cm³/mol. The first-order valence-corrected chi connectivity index (χ1v) is 50.7. The lowest BCUT2D eigenvalue weighted by molar-refractivity contribution is -0.393. The number of phenols is 1. The molecular formula is C103H126F30O5S4+4. The van der Waals surface area contributed by atoms with E-state index in [1.807, 2.05) is 45.9 Å². The molecule has 39 heteroatoms. The molecule has 8 aromatic rings. The Morgan fingerprint density at radius 1 is 0.324 bits per heavy atom. The molecule has 3 unspecified atom stereocenters. The summed E-state index contributed by atoms with van der Waals surface area (Å²) in [4.78, 5) is 21.2. The number of ether oxygens (including phenoxy) is 3. The summed E-state index contributed by atoms with van der Waals surface area (Å²) in [5.74, 6) is -47.8. The van der Waals surface area contributed by atoms with Crippen molar-refractivity contribution in [1.82, 2.24) is 0 Å². The quantitative estimate of drug-likeness (QED) is 0.0468. The SMILES string of the molecule is CC(C)(C)c1ccc([S+]2CCCCC2)cc1.CC(C)(C)c1ccc([S+]2CCOCC2)cc1.CC(C)(C)c1ccc([S+]2CCOCC2)cc1.CC(F)(F)C(F)(F)C(F)(F)C(F)(F)F.CC(F)(F)C(F)(F)C(F)(F)C(F)(F)F.CC(F)(F)C(F)(F)C(F)(F)C(F)(F)F.CC(F)(F)F.CCC(CC(CC(C)C(=O)OC(C)(C)C)c1ccccc1)c1ccc(O)cc1.c1ccc([S+](c2ccccc2)c2ccccc2)cc1. The lowest BCUT2D eigenvalue weighted by Gasteiger charge is -2.31. The van der Waals surface area contributed by atoms with Crippen LogP contribution in [0.5, 0.6) is 5.75 Å². The third-order valence-corrected chi connectivity index (χ3v) is 30.6. The van der Waals surface area contributed by atoms with Gasteiger partial charge in [0, 0.05) is 60.4 Å². The summed E-state index contributed by atoms with van der Waals surface area (Å²) < 4.78 is 363. The molecule has 8 aromatic carbocycles. The fourth-order valence-corrected chi connectivity index (χ4v) is 21.2. The topological polar surface area (TPSA) is 65.0 Å². The van der Waals surface area contributed by atoms with Gasteiger partial charge in [-0.2, -0.15) is 132 Å². The molecule has 798 valence electrons. The van der Waals surface area contributed by atoms with Crippen LogP contribution in [0.3, 0.4) is 0 Å². The molecule has 142 heavy (non-hydrogen) atoms. The molecule has 0 amide bonds. The van der Waals surface area contributed by atoms with E-state index in [0.717, 1.165) is 45.7 Å². The number of hydrogen-bond acceptors (Lipinski definition) is 5. The van der Waals surface area contributed by atoms with Crippen LogP contribution in [-0.2, 0) is 78.8 Å². The molecule has 5 nitrogen and oxygen atoms in total. The van der Waals surface area contributed by atoms with Crippen molar-refractivity contribution in [3.8, 4) is 5.75 Å². The van der Waals surface area contributed by atoms with Crippen LogP contribution >= 0.6 is 0 Å². The number of halogens is 30. The van der Waals surface area contributed by atoms with Crippen LogP contribution in [0.4, 0.5) is 132 Å². The normalized spacial score (nSPS) is 15.8. The molecule has 3 fully saturated rings. The van der Waals surface area contributed by atoms with Gasteiger partial charge in [-0.3, -0.25) is 4.79 Å². The van der Waals surface area contributed by atoms with Crippen LogP contribution in [0.2, 0.25) is 0 Å². The number of carbonyl (C=O) groups is 1. The van der Waals surface area contributed by atoms with Gasteiger partial charge in [0.1, 0.15) is 45.9 Å². The van der Waals surface area contributed by atoms with Gasteiger partial charge in [-0.25, -0.2) is 0 Å². The summed E-state index contributed by atoms with van der Waals surface area (Å²) in [5.41, 5.74) is 7.13. The minimum absolute atomic E-state index is 0.0146. The highest BCUT2D eigenvalue weighted by Gasteiger charge is 2.82. The second kappa shape index (κ2) is 53.2. The Labute approximate surface area is 824 Å². The van der Waals surface area contributed by atoms with Gasteiger partial charge in [0.15, 0.2) is 29.4 Å². The highest BCUT2D eigenvalue weighted by Crippen LogP contribution is 2.56. The highest BCUT2D eigenvalue weighted by atomic mass is 32.2. The number of benzene rings is 8. The zero-order valence-electron chi connectivity index (χ0n) is 81.9. The molecule has 0 bridgehead atoms. The van der Waals surface area contributed by atoms with Crippen LogP contribution in [0, 0.1) is 5.92 Å². The van der Waals surface area contributed by atoms with E-state index in [1.54, 1.807) is 17.0 Å². The minimum Gasteiger partial charge on any atom is -0.508 e. The zero-order valence-corrected chi connectivity index (χ0v) is 85.1. The van der Waals surface area contributed by atoms with Crippen LogP contribution in [0.1, 0.15) is 203 Å². The van der Waals surface area contributed by atoms with E-state index in [4.69, 9.17) is 14.2 Å². The second-order valence-corrected chi connectivity index (χ2v) is 46.5. The molecular weight excluding hydrogens is 2020 g/mol. The monoisotopic (exact) mass is 2140 g/mol. The Balaban J connectivity index is 0.000000419. The van der Waals surface area contributed by atoms with Gasteiger partial charge in [-0.15, -0.1) is 0 Å². The maximum Gasteiger partial charge on any atom is 0.460 e. The fraction of sp³-hybridized carbons (Fsp3) is 0.524. The Morgan fingerprint density at radius 3 is 0.796 bits per heavy atom. The van der Waals surface area contributed by atoms with Gasteiger partial charge in [-0.1, -0.05) is 210 Å². The van der Waals surface area contributed by atoms with Gasteiger partial charge < -0.3 is 19.3 Å². The van der Waals surface area contributed by atoms with Crippen LogP contribution in [0.15, 0.2) is 248 Å². The third kappa shape index (κ3) is 40.1. The fourth-order valence-electron chi connectivity index (χ4n) is 13.1. The summed E-state index contributed by atoms with van der Waals surface area (Å²) in [5, 5.41) is 9.59. The number of esters is 1. The van der Waals surface area contributed by atoms with Crippen molar-refractivity contribution in [2.45, 2.75) is 304 Å². The Kier molecular flexibility index (Phi) is 48.1. The summed E-state index contributed by atoms with van der Waals surface area (Å²) >= 11 is 0. The summed E-state index contributed by atoms with van der Waals surface area (Å²) in [6.45, 7) is 32.1. The van der Waals surface area contributed by atoms with Crippen LogP contribution < -0.4 is 0 Å². The van der Waals surface area contributed by atoms with Gasteiger partial charge in [0.2, 0.25) is 0 Å². The molecule has 1 N–H and O–H groups in total. The lowest BCUT2D eigenvalue weighted by Crippen LogP contribution is -2.59. The first-order chi connectivity index (χ1) is 64.6. The molecule has 11 rings (SSSR count). The third-order valence-electron chi connectivity index (χ3n) is 21.3. The number of alkyl halides is 30. The van der Waals surface area contributed by atoms with Gasteiger partial charge in [-0.05, 0) is 200 Å². The predicted octanol–water partition coefficient (Wildman–Crippen LogP) is 33.3. The number of aromatic hydroxyl groups is 1. The van der Waals surface area contributed by atoms with E-state index in [9.17, 15) is 142 Å². The van der Waals surface area contributed by atoms with Crippen molar-refractivity contribution < 1.29 is 156 Å². The van der Waals surface area contributed by atoms with E-state index < -0.39 is 104 Å². The Hall–Kier alpha value is -7.75. The van der Waals surface area contributed by atoms with E-state index in [2.05, 4.69) is 257 Å². The van der Waals surface area contributed by atoms with Crippen molar-refractivity contribution >= 4 is 49.5 Å². The van der Waals surface area contributed by atoms with Crippen LogP contribution in [-0.4, -0.2) is 156 Å². The summed E-state index contributed by atoms with van der Waals surface area (Å²) in [6.07, 6.45) is -17.1. The first kappa shape index (κ1) is 128. The van der Waals surface area contributed by atoms with Crippen molar-refractivity contribution in [1.29, 1.82) is 0 Å². The average molecular weight is 2140 g/mol. The van der Waals surface area contributed by atoms with E-state index in [0.29, 0.717) is 38.6 Å². The minimum atomic E-state index is -6.77. The Bertz CT molecular complexity index is 4440. The van der Waals surface area contributed by atoms with Crippen molar-refractivity contribution in [3.05, 3.63) is 246 Å². The van der Waals surface area contributed by atoms with Crippen molar-refractivity contribution in [3.63, 3.8) is 0 Å². The largest absolute Gasteiger partial charge is 0.508 e. The second-order valence-electron chi connectivity index (χ2n) is 37.7. The number of phenolic OH excluding ortho intramolecular Hbond substituents is 1. The van der Waals surface area contributed by atoms with E-state index in [-0.39, 0.29) is 57.6 Å². The number of hydrogen-bond donors (Lipinski definition) is 1. The molecule has 3 atom stereocenters. The van der Waals surface area contributed by atoms with Crippen molar-refractivity contribution in [2.75, 3.05) is 60.9 Å². The Morgan fingerprint density at radius 2 is 0.570 bits per heavy atom. The van der Waals surface area contributed by atoms with Crippen LogP contribution in [0.25, 0.3) is 0 Å². The first-order valence-electron chi connectivity index (χ1n) is 44.7. The molecule has 0 aromatic heterocycles. The van der Waals surface area contributed by atoms with Gasteiger partial charge in [0.05, 0.1) is 43.2 Å². The number of rotatable bonds is 20. The maximum absolute atomic E-state index is 12.5.